The van der Waals surface area contributed by atoms with Crippen molar-refractivity contribution in [2.75, 3.05) is 11.1 Å². The van der Waals surface area contributed by atoms with E-state index in [1.165, 1.54) is 19.3 Å². The van der Waals surface area contributed by atoms with Crippen LogP contribution in [0.4, 0.5) is 5.69 Å². The molecule has 1 saturated carbocycles. The van der Waals surface area contributed by atoms with Gasteiger partial charge in [-0.1, -0.05) is 25.5 Å². The van der Waals surface area contributed by atoms with Gasteiger partial charge in [-0.2, -0.15) is 0 Å². The highest BCUT2D eigenvalue weighted by atomic mass is 32.2. The quantitative estimate of drug-likeness (QED) is 0.868. The van der Waals surface area contributed by atoms with Crippen molar-refractivity contribution in [3.8, 4) is 0 Å². The summed E-state index contributed by atoms with van der Waals surface area (Å²) in [5.74, 6) is 0.894. The monoisotopic (exact) mass is 281 g/mol. The van der Waals surface area contributed by atoms with Crippen LogP contribution < -0.4 is 5.32 Å². The van der Waals surface area contributed by atoms with E-state index in [9.17, 15) is 8.42 Å². The van der Waals surface area contributed by atoms with Gasteiger partial charge in [0.15, 0.2) is 9.84 Å². The molecule has 0 saturated heterocycles. The highest BCUT2D eigenvalue weighted by Crippen LogP contribution is 2.32. The smallest absolute Gasteiger partial charge is 0.180 e. The van der Waals surface area contributed by atoms with E-state index in [1.54, 1.807) is 12.1 Å². The van der Waals surface area contributed by atoms with Crippen molar-refractivity contribution in [3.05, 3.63) is 24.3 Å². The largest absolute Gasteiger partial charge is 0.381 e. The number of hydrogen-bond acceptors (Lipinski definition) is 3. The molecule has 1 fully saturated rings. The predicted octanol–water partition coefficient (Wildman–Crippen LogP) is 3.47. The topological polar surface area (TPSA) is 46.2 Å². The van der Waals surface area contributed by atoms with Gasteiger partial charge in [-0.15, -0.1) is 0 Å². The molecular formula is C15H23NO2S. The maximum absolute atomic E-state index is 12.2. The van der Waals surface area contributed by atoms with Crippen LogP contribution in [0.1, 0.15) is 39.5 Å². The van der Waals surface area contributed by atoms with E-state index in [4.69, 9.17) is 0 Å². The normalized spacial score (nSPS) is 17.8. The third-order valence-corrected chi connectivity index (χ3v) is 5.91. The number of anilines is 1. The van der Waals surface area contributed by atoms with Crippen LogP contribution in [-0.4, -0.2) is 20.2 Å². The summed E-state index contributed by atoms with van der Waals surface area (Å²) < 4.78 is 24.5. The lowest BCUT2D eigenvalue weighted by molar-refractivity contribution is 0.285. The fraction of sp³-hybridized carbons (Fsp3) is 0.600. The predicted molar refractivity (Wildman–Crippen MR) is 79.2 cm³/mol. The molecule has 0 aromatic heterocycles. The summed E-state index contributed by atoms with van der Waals surface area (Å²) in [6.07, 6.45) is 4.44. The van der Waals surface area contributed by atoms with E-state index < -0.39 is 9.84 Å². The minimum atomic E-state index is -3.16. The van der Waals surface area contributed by atoms with Crippen molar-refractivity contribution < 1.29 is 8.42 Å². The number of rotatable bonds is 6. The van der Waals surface area contributed by atoms with Crippen molar-refractivity contribution in [1.29, 1.82) is 0 Å². The average Bonchev–Trinajstić information content (AvgIpc) is 2.26. The van der Waals surface area contributed by atoms with Gasteiger partial charge in [-0.3, -0.25) is 0 Å². The molecule has 1 N–H and O–H groups in total. The van der Waals surface area contributed by atoms with Crippen LogP contribution in [0.2, 0.25) is 0 Å². The highest BCUT2D eigenvalue weighted by Gasteiger charge is 2.25. The fourth-order valence-electron chi connectivity index (χ4n) is 2.54. The lowest BCUT2D eigenvalue weighted by atomic mass is 9.80. The lowest BCUT2D eigenvalue weighted by Gasteiger charge is -2.33. The third-order valence-electron chi connectivity index (χ3n) is 3.94. The van der Waals surface area contributed by atoms with Crippen molar-refractivity contribution in [2.24, 2.45) is 5.92 Å². The summed E-state index contributed by atoms with van der Waals surface area (Å²) in [6, 6.07) is 7.60. The first-order chi connectivity index (χ1) is 9.04. The van der Waals surface area contributed by atoms with Gasteiger partial charge in [-0.05, 0) is 44.2 Å². The van der Waals surface area contributed by atoms with Crippen molar-refractivity contribution in [3.63, 3.8) is 0 Å². The standard InChI is InChI=1S/C15H23NO2S/c1-3-11-19(17,18)15-10-5-4-9-14(15)16-12(2)13-7-6-8-13/h4-5,9-10,12-13,16H,3,6-8,11H2,1-2H3. The zero-order valence-electron chi connectivity index (χ0n) is 11.7. The summed E-state index contributed by atoms with van der Waals surface area (Å²) >= 11 is 0. The number of nitrogens with one attached hydrogen (secondary N) is 1. The SMILES string of the molecule is CCCS(=O)(=O)c1ccccc1NC(C)C1CCC1. The fourth-order valence-corrected chi connectivity index (χ4v) is 4.04. The molecule has 1 aromatic rings. The van der Waals surface area contributed by atoms with Crippen LogP contribution in [0.25, 0.3) is 0 Å². The summed E-state index contributed by atoms with van der Waals surface area (Å²) in [7, 11) is -3.16. The number of sulfone groups is 1. The molecule has 3 nitrogen and oxygen atoms in total. The van der Waals surface area contributed by atoms with Gasteiger partial charge in [0.25, 0.3) is 0 Å². The van der Waals surface area contributed by atoms with E-state index in [0.29, 0.717) is 23.3 Å². The Morgan fingerprint density at radius 3 is 2.58 bits per heavy atom. The lowest BCUT2D eigenvalue weighted by Crippen LogP contribution is -2.31. The van der Waals surface area contributed by atoms with Crippen LogP contribution >= 0.6 is 0 Å². The van der Waals surface area contributed by atoms with E-state index in [0.717, 1.165) is 5.69 Å². The Balaban J connectivity index is 2.20. The molecule has 0 aliphatic heterocycles. The first-order valence-electron chi connectivity index (χ1n) is 7.13. The summed E-state index contributed by atoms with van der Waals surface area (Å²) in [5, 5.41) is 3.40. The Morgan fingerprint density at radius 1 is 1.32 bits per heavy atom. The molecule has 106 valence electrons. The number of benzene rings is 1. The molecule has 0 heterocycles. The Morgan fingerprint density at radius 2 is 2.00 bits per heavy atom. The average molecular weight is 281 g/mol. The second kappa shape index (κ2) is 5.95. The first kappa shape index (κ1) is 14.4. The van der Waals surface area contributed by atoms with Crippen LogP contribution in [0, 0.1) is 5.92 Å². The van der Waals surface area contributed by atoms with Gasteiger partial charge < -0.3 is 5.32 Å². The van der Waals surface area contributed by atoms with E-state index >= 15 is 0 Å². The van der Waals surface area contributed by atoms with Crippen LogP contribution in [-0.2, 0) is 9.84 Å². The number of hydrogen-bond donors (Lipinski definition) is 1. The summed E-state index contributed by atoms with van der Waals surface area (Å²) in [5.41, 5.74) is 0.760. The summed E-state index contributed by atoms with van der Waals surface area (Å²) in [6.45, 7) is 4.04. The Labute approximate surface area is 116 Å². The van der Waals surface area contributed by atoms with Crippen LogP contribution in [0.15, 0.2) is 29.2 Å². The van der Waals surface area contributed by atoms with Gasteiger partial charge >= 0.3 is 0 Å². The van der Waals surface area contributed by atoms with E-state index in [-0.39, 0.29) is 5.75 Å². The first-order valence-corrected chi connectivity index (χ1v) is 8.78. The maximum atomic E-state index is 12.2. The van der Waals surface area contributed by atoms with Crippen molar-refractivity contribution in [2.45, 2.75) is 50.5 Å². The molecule has 19 heavy (non-hydrogen) atoms. The third kappa shape index (κ3) is 3.30. The Bertz CT molecular complexity index is 521. The zero-order chi connectivity index (χ0) is 13.9. The van der Waals surface area contributed by atoms with Gasteiger partial charge in [0.2, 0.25) is 0 Å². The minimum Gasteiger partial charge on any atom is -0.381 e. The molecule has 2 rings (SSSR count). The van der Waals surface area contributed by atoms with Crippen LogP contribution in [0.3, 0.4) is 0 Å². The molecule has 1 aliphatic carbocycles. The van der Waals surface area contributed by atoms with E-state index in [1.807, 2.05) is 19.1 Å². The van der Waals surface area contributed by atoms with Crippen LogP contribution in [0.5, 0.6) is 0 Å². The van der Waals surface area contributed by atoms with Crippen molar-refractivity contribution >= 4 is 15.5 Å². The second-order valence-electron chi connectivity index (χ2n) is 5.44. The van der Waals surface area contributed by atoms with Gasteiger partial charge in [0.05, 0.1) is 16.3 Å². The molecular weight excluding hydrogens is 258 g/mol. The molecule has 4 heteroatoms. The Hall–Kier alpha value is -1.03. The zero-order valence-corrected chi connectivity index (χ0v) is 12.5. The minimum absolute atomic E-state index is 0.212. The Kier molecular flexibility index (Phi) is 4.50. The van der Waals surface area contributed by atoms with E-state index in [2.05, 4.69) is 12.2 Å². The molecule has 0 spiro atoms. The van der Waals surface area contributed by atoms with Gasteiger partial charge in [-0.25, -0.2) is 8.42 Å². The molecule has 1 aliphatic rings. The summed E-state index contributed by atoms with van der Waals surface area (Å²) in [4.78, 5) is 0.447. The molecule has 1 atom stereocenters. The molecule has 1 unspecified atom stereocenters. The van der Waals surface area contributed by atoms with Gasteiger partial charge in [0, 0.05) is 6.04 Å². The van der Waals surface area contributed by atoms with Gasteiger partial charge in [0.1, 0.15) is 0 Å². The highest BCUT2D eigenvalue weighted by molar-refractivity contribution is 7.91. The number of para-hydroxylation sites is 1. The molecule has 0 amide bonds. The van der Waals surface area contributed by atoms with Crippen molar-refractivity contribution in [1.82, 2.24) is 0 Å². The molecule has 0 radical (unpaired) electrons. The molecule has 0 bridgehead atoms. The molecule has 1 aromatic carbocycles. The maximum Gasteiger partial charge on any atom is 0.180 e. The second-order valence-corrected chi connectivity index (χ2v) is 7.52.